The molecule has 0 spiro atoms. The van der Waals surface area contributed by atoms with Gasteiger partial charge in [-0.25, -0.2) is 0 Å². The Labute approximate surface area is 90.5 Å². The second kappa shape index (κ2) is 3.24. The predicted octanol–water partition coefficient (Wildman–Crippen LogP) is 2.48. The van der Waals surface area contributed by atoms with Crippen LogP contribution in [-0.4, -0.2) is 23.1 Å². The highest BCUT2D eigenvalue weighted by molar-refractivity contribution is 5.33. The van der Waals surface area contributed by atoms with Gasteiger partial charge in [-0.3, -0.25) is 4.90 Å². The van der Waals surface area contributed by atoms with Crippen molar-refractivity contribution in [1.29, 1.82) is 0 Å². The van der Waals surface area contributed by atoms with Gasteiger partial charge in [0, 0.05) is 12.1 Å². The van der Waals surface area contributed by atoms with Gasteiger partial charge < -0.3 is 5.11 Å². The van der Waals surface area contributed by atoms with Crippen molar-refractivity contribution in [3.05, 3.63) is 29.8 Å². The maximum absolute atomic E-state index is 9.31. The Balaban J connectivity index is 1.94. The Morgan fingerprint density at radius 3 is 2.40 bits per heavy atom. The van der Waals surface area contributed by atoms with Crippen LogP contribution in [0.25, 0.3) is 0 Å². The molecule has 0 radical (unpaired) electrons. The lowest BCUT2D eigenvalue weighted by Gasteiger charge is -2.56. The average Bonchev–Trinajstić information content (AvgIpc) is 2.22. The fraction of sp³-hybridized carbons (Fsp3) is 0.538. The fourth-order valence-corrected chi connectivity index (χ4v) is 3.11. The summed E-state index contributed by atoms with van der Waals surface area (Å²) in [6, 6.07) is 7.81. The van der Waals surface area contributed by atoms with Gasteiger partial charge >= 0.3 is 0 Å². The average molecular weight is 203 g/mol. The van der Waals surface area contributed by atoms with Crippen molar-refractivity contribution in [2.75, 3.05) is 13.1 Å². The molecule has 1 N–H and O–H groups in total. The number of aromatic hydroxyl groups is 1. The molecular formula is C13H17NO. The molecule has 2 saturated heterocycles. The minimum atomic E-state index is 0.325. The Morgan fingerprint density at radius 2 is 1.80 bits per heavy atom. The van der Waals surface area contributed by atoms with E-state index in [2.05, 4.69) is 17.0 Å². The van der Waals surface area contributed by atoms with Gasteiger partial charge in [0.25, 0.3) is 0 Å². The highest BCUT2D eigenvalue weighted by Gasteiger charge is 2.46. The first-order valence-corrected chi connectivity index (χ1v) is 5.86. The van der Waals surface area contributed by atoms with Crippen molar-refractivity contribution in [1.82, 2.24) is 4.90 Å². The van der Waals surface area contributed by atoms with Gasteiger partial charge in [0.15, 0.2) is 0 Å². The molecule has 2 heteroatoms. The first-order valence-electron chi connectivity index (χ1n) is 5.86. The normalized spacial score (nSPS) is 30.7. The zero-order valence-electron chi connectivity index (χ0n) is 8.95. The van der Waals surface area contributed by atoms with E-state index in [9.17, 15) is 5.11 Å². The molecular weight excluding hydrogens is 186 g/mol. The summed E-state index contributed by atoms with van der Waals surface area (Å²) in [4.78, 5) is 2.60. The first kappa shape index (κ1) is 9.22. The van der Waals surface area contributed by atoms with Crippen molar-refractivity contribution >= 4 is 0 Å². The Morgan fingerprint density at radius 1 is 1.00 bits per heavy atom. The number of phenols is 1. The van der Waals surface area contributed by atoms with E-state index in [0.717, 1.165) is 0 Å². The van der Waals surface area contributed by atoms with Gasteiger partial charge in [0.1, 0.15) is 5.75 Å². The zero-order valence-corrected chi connectivity index (χ0v) is 8.95. The van der Waals surface area contributed by atoms with Crippen LogP contribution in [0.5, 0.6) is 5.75 Å². The number of hydrogen-bond acceptors (Lipinski definition) is 2. The molecule has 2 heterocycles. The fourth-order valence-electron chi connectivity index (χ4n) is 3.11. The highest BCUT2D eigenvalue weighted by Crippen LogP contribution is 2.47. The van der Waals surface area contributed by atoms with E-state index in [1.807, 2.05) is 12.1 Å². The number of piperidine rings is 1. The number of fused-ring (bicyclic) bond motifs is 1. The summed E-state index contributed by atoms with van der Waals surface area (Å²) in [5, 5.41) is 9.31. The Hall–Kier alpha value is -1.02. The number of benzene rings is 1. The van der Waals surface area contributed by atoms with Gasteiger partial charge in [-0.15, -0.1) is 0 Å². The second-order valence-electron chi connectivity index (χ2n) is 4.77. The SMILES string of the molecule is Oc1ccc(C23CCCCN2CC3)cc1. The van der Waals surface area contributed by atoms with E-state index < -0.39 is 0 Å². The predicted molar refractivity (Wildman–Crippen MR) is 59.8 cm³/mol. The summed E-state index contributed by atoms with van der Waals surface area (Å²) in [5.74, 6) is 0.372. The monoisotopic (exact) mass is 203 g/mol. The standard InChI is InChI=1S/C13H17NO/c15-12-5-3-11(4-6-12)13-7-1-2-9-14(13)10-8-13/h3-6,15H,1-2,7-10H2. The summed E-state index contributed by atoms with van der Waals surface area (Å²) in [7, 11) is 0. The third-order valence-electron chi connectivity index (χ3n) is 4.07. The Bertz CT molecular complexity index is 359. The second-order valence-corrected chi connectivity index (χ2v) is 4.77. The summed E-state index contributed by atoms with van der Waals surface area (Å²) < 4.78 is 0. The molecule has 1 aromatic carbocycles. The van der Waals surface area contributed by atoms with E-state index in [0.29, 0.717) is 11.3 Å². The molecule has 2 aliphatic heterocycles. The number of rotatable bonds is 1. The van der Waals surface area contributed by atoms with E-state index in [1.54, 1.807) is 0 Å². The van der Waals surface area contributed by atoms with Crippen LogP contribution in [0.1, 0.15) is 31.2 Å². The molecule has 15 heavy (non-hydrogen) atoms. The van der Waals surface area contributed by atoms with Crippen LogP contribution >= 0.6 is 0 Å². The van der Waals surface area contributed by atoms with Crippen molar-refractivity contribution in [3.8, 4) is 5.75 Å². The Kier molecular flexibility index (Phi) is 1.99. The number of hydrogen-bond donors (Lipinski definition) is 1. The van der Waals surface area contributed by atoms with Gasteiger partial charge in [-0.1, -0.05) is 12.1 Å². The van der Waals surface area contributed by atoms with Crippen LogP contribution in [0, 0.1) is 0 Å². The highest BCUT2D eigenvalue weighted by atomic mass is 16.3. The smallest absolute Gasteiger partial charge is 0.115 e. The van der Waals surface area contributed by atoms with E-state index in [1.165, 1.54) is 44.3 Å². The molecule has 3 rings (SSSR count). The topological polar surface area (TPSA) is 23.5 Å². The molecule has 0 amide bonds. The van der Waals surface area contributed by atoms with Crippen molar-refractivity contribution in [2.45, 2.75) is 31.2 Å². The van der Waals surface area contributed by atoms with Crippen LogP contribution in [0.3, 0.4) is 0 Å². The van der Waals surface area contributed by atoms with E-state index >= 15 is 0 Å². The lowest BCUT2D eigenvalue weighted by atomic mass is 9.72. The van der Waals surface area contributed by atoms with Gasteiger partial charge in [-0.05, 0) is 49.9 Å². The van der Waals surface area contributed by atoms with E-state index in [-0.39, 0.29) is 0 Å². The van der Waals surface area contributed by atoms with E-state index in [4.69, 9.17) is 0 Å². The van der Waals surface area contributed by atoms with Crippen molar-refractivity contribution in [2.24, 2.45) is 0 Å². The molecule has 2 nitrogen and oxygen atoms in total. The summed E-state index contributed by atoms with van der Waals surface area (Å²) in [6.45, 7) is 2.50. The van der Waals surface area contributed by atoms with Crippen molar-refractivity contribution in [3.63, 3.8) is 0 Å². The molecule has 1 unspecified atom stereocenters. The molecule has 1 aromatic rings. The summed E-state index contributed by atoms with van der Waals surface area (Å²) in [5.41, 5.74) is 1.72. The zero-order chi connectivity index (χ0) is 10.3. The van der Waals surface area contributed by atoms with Gasteiger partial charge in [0.2, 0.25) is 0 Å². The van der Waals surface area contributed by atoms with Crippen LogP contribution in [0.15, 0.2) is 24.3 Å². The largest absolute Gasteiger partial charge is 0.508 e. The third kappa shape index (κ3) is 1.28. The van der Waals surface area contributed by atoms with Crippen LogP contribution in [0.4, 0.5) is 0 Å². The number of nitrogens with zero attached hydrogens (tertiary/aromatic N) is 1. The molecule has 1 atom stereocenters. The van der Waals surface area contributed by atoms with Crippen LogP contribution < -0.4 is 0 Å². The quantitative estimate of drug-likeness (QED) is 0.758. The minimum Gasteiger partial charge on any atom is -0.508 e. The summed E-state index contributed by atoms with van der Waals surface area (Å²) >= 11 is 0. The lowest BCUT2D eigenvalue weighted by molar-refractivity contribution is -0.0506. The molecule has 2 fully saturated rings. The molecule has 0 saturated carbocycles. The van der Waals surface area contributed by atoms with Gasteiger partial charge in [-0.2, -0.15) is 0 Å². The summed E-state index contributed by atoms with van der Waals surface area (Å²) in [6.07, 6.45) is 5.27. The molecule has 0 bridgehead atoms. The molecule has 80 valence electrons. The maximum atomic E-state index is 9.31. The number of phenolic OH excluding ortho intramolecular Hbond substituents is 1. The third-order valence-corrected chi connectivity index (χ3v) is 4.07. The molecule has 0 aliphatic carbocycles. The minimum absolute atomic E-state index is 0.325. The van der Waals surface area contributed by atoms with Gasteiger partial charge in [0.05, 0.1) is 0 Å². The first-order chi connectivity index (χ1) is 7.31. The molecule has 0 aromatic heterocycles. The van der Waals surface area contributed by atoms with Crippen LogP contribution in [0.2, 0.25) is 0 Å². The van der Waals surface area contributed by atoms with Crippen molar-refractivity contribution < 1.29 is 5.11 Å². The maximum Gasteiger partial charge on any atom is 0.115 e. The van der Waals surface area contributed by atoms with Crippen LogP contribution in [-0.2, 0) is 5.54 Å². The lowest BCUT2D eigenvalue weighted by Crippen LogP contribution is -2.59. The molecule has 2 aliphatic rings.